The zero-order chi connectivity index (χ0) is 13.6. The Kier molecular flexibility index (Phi) is 6.04. The van der Waals surface area contributed by atoms with Crippen LogP contribution in [0, 0.1) is 0 Å². The molecule has 0 bridgehead atoms. The monoisotopic (exact) mass is 279 g/mol. The van der Waals surface area contributed by atoms with Gasteiger partial charge in [-0.15, -0.1) is 21.5 Å². The Balaban J connectivity index is 2.26. The zero-order valence-corrected chi connectivity index (χ0v) is 11.7. The molecule has 0 spiro atoms. The molecule has 1 N–H and O–H groups in total. The second kappa shape index (κ2) is 7.06. The van der Waals surface area contributed by atoms with E-state index in [0.717, 1.165) is 10.0 Å². The number of alkyl halides is 2. The van der Waals surface area contributed by atoms with Crippen LogP contribution in [0.25, 0.3) is 0 Å². The molecule has 104 valence electrons. The van der Waals surface area contributed by atoms with E-state index in [0.29, 0.717) is 13.0 Å². The van der Waals surface area contributed by atoms with Crippen molar-refractivity contribution >= 4 is 11.3 Å². The van der Waals surface area contributed by atoms with E-state index in [1.54, 1.807) is 0 Å². The van der Waals surface area contributed by atoms with Gasteiger partial charge in [0.1, 0.15) is 16.6 Å². The van der Waals surface area contributed by atoms with Crippen molar-refractivity contribution in [2.75, 3.05) is 13.2 Å². The summed E-state index contributed by atoms with van der Waals surface area (Å²) in [6.45, 7) is 6.63. The Labute approximate surface area is 110 Å². The minimum atomic E-state index is -2.41. The molecule has 0 aliphatic carbocycles. The first-order valence-corrected chi connectivity index (χ1v) is 6.60. The SMILES string of the molecule is CC(C)(C)NCc1nnc(CCOCC(F)F)s1. The lowest BCUT2D eigenvalue weighted by Gasteiger charge is -2.19. The maximum absolute atomic E-state index is 11.8. The number of nitrogens with zero attached hydrogens (tertiary/aromatic N) is 2. The van der Waals surface area contributed by atoms with Gasteiger partial charge in [0.2, 0.25) is 0 Å². The fraction of sp³-hybridized carbons (Fsp3) is 0.818. The van der Waals surface area contributed by atoms with Gasteiger partial charge in [-0.3, -0.25) is 0 Å². The van der Waals surface area contributed by atoms with Gasteiger partial charge in [-0.2, -0.15) is 0 Å². The third kappa shape index (κ3) is 6.93. The molecule has 0 aliphatic heterocycles. The third-order valence-electron chi connectivity index (χ3n) is 1.98. The van der Waals surface area contributed by atoms with E-state index in [1.165, 1.54) is 11.3 Å². The van der Waals surface area contributed by atoms with Gasteiger partial charge >= 0.3 is 0 Å². The molecule has 0 amide bonds. The predicted octanol–water partition coefficient (Wildman–Crippen LogP) is 2.25. The fourth-order valence-electron chi connectivity index (χ4n) is 1.13. The van der Waals surface area contributed by atoms with Crippen molar-refractivity contribution < 1.29 is 13.5 Å². The van der Waals surface area contributed by atoms with Crippen LogP contribution in [0.15, 0.2) is 0 Å². The van der Waals surface area contributed by atoms with Crippen LogP contribution in [0.1, 0.15) is 30.8 Å². The quantitative estimate of drug-likeness (QED) is 0.778. The van der Waals surface area contributed by atoms with Gasteiger partial charge < -0.3 is 10.1 Å². The van der Waals surface area contributed by atoms with Crippen LogP contribution >= 0.6 is 11.3 Å². The van der Waals surface area contributed by atoms with Gasteiger partial charge in [-0.05, 0) is 20.8 Å². The highest BCUT2D eigenvalue weighted by molar-refractivity contribution is 7.11. The van der Waals surface area contributed by atoms with Crippen molar-refractivity contribution in [3.05, 3.63) is 10.0 Å². The van der Waals surface area contributed by atoms with Crippen molar-refractivity contribution in [1.29, 1.82) is 0 Å². The molecule has 18 heavy (non-hydrogen) atoms. The van der Waals surface area contributed by atoms with E-state index in [1.807, 2.05) is 0 Å². The number of aromatic nitrogens is 2. The number of ether oxygens (including phenoxy) is 1. The fourth-order valence-corrected chi connectivity index (χ4v) is 1.90. The molecule has 0 radical (unpaired) electrons. The van der Waals surface area contributed by atoms with Gasteiger partial charge in [0, 0.05) is 12.0 Å². The molecule has 0 atom stereocenters. The molecule has 0 saturated heterocycles. The topological polar surface area (TPSA) is 47.0 Å². The molecule has 1 heterocycles. The van der Waals surface area contributed by atoms with E-state index in [-0.39, 0.29) is 12.1 Å². The highest BCUT2D eigenvalue weighted by atomic mass is 32.1. The lowest BCUT2D eigenvalue weighted by molar-refractivity contribution is 0.0186. The van der Waals surface area contributed by atoms with Crippen molar-refractivity contribution in [2.24, 2.45) is 0 Å². The van der Waals surface area contributed by atoms with E-state index < -0.39 is 13.0 Å². The molecule has 1 aromatic rings. The molecule has 0 saturated carbocycles. The normalized spacial score (nSPS) is 12.3. The van der Waals surface area contributed by atoms with Crippen molar-refractivity contribution in [1.82, 2.24) is 15.5 Å². The smallest absolute Gasteiger partial charge is 0.261 e. The largest absolute Gasteiger partial charge is 0.375 e. The summed E-state index contributed by atoms with van der Waals surface area (Å²) in [7, 11) is 0. The predicted molar refractivity (Wildman–Crippen MR) is 67.0 cm³/mol. The highest BCUT2D eigenvalue weighted by Crippen LogP contribution is 2.12. The Hall–Kier alpha value is -0.660. The van der Waals surface area contributed by atoms with Crippen molar-refractivity contribution in [3.63, 3.8) is 0 Å². The maximum atomic E-state index is 11.8. The highest BCUT2D eigenvalue weighted by Gasteiger charge is 2.11. The summed E-state index contributed by atoms with van der Waals surface area (Å²) < 4.78 is 28.4. The molecule has 0 aromatic carbocycles. The molecule has 1 aromatic heterocycles. The van der Waals surface area contributed by atoms with E-state index in [2.05, 4.69) is 36.3 Å². The summed E-state index contributed by atoms with van der Waals surface area (Å²) >= 11 is 1.48. The number of rotatable bonds is 7. The van der Waals surface area contributed by atoms with Gasteiger partial charge in [-0.25, -0.2) is 8.78 Å². The number of nitrogens with one attached hydrogen (secondary N) is 1. The maximum Gasteiger partial charge on any atom is 0.261 e. The first-order valence-electron chi connectivity index (χ1n) is 5.79. The van der Waals surface area contributed by atoms with E-state index >= 15 is 0 Å². The lowest BCUT2D eigenvalue weighted by Crippen LogP contribution is -2.35. The summed E-state index contributed by atoms with van der Waals surface area (Å²) in [5.74, 6) is 0. The molecule has 1 rings (SSSR count). The summed E-state index contributed by atoms with van der Waals surface area (Å²) in [4.78, 5) is 0. The van der Waals surface area contributed by atoms with Crippen LogP contribution in [-0.4, -0.2) is 35.4 Å². The minimum Gasteiger partial charge on any atom is -0.375 e. The van der Waals surface area contributed by atoms with Crippen LogP contribution in [0.3, 0.4) is 0 Å². The first kappa shape index (κ1) is 15.4. The average Bonchev–Trinajstić information content (AvgIpc) is 2.68. The summed E-state index contributed by atoms with van der Waals surface area (Å²) in [5.41, 5.74) is 0.0339. The van der Waals surface area contributed by atoms with Crippen LogP contribution in [-0.2, 0) is 17.7 Å². The molecule has 0 unspecified atom stereocenters. The lowest BCUT2D eigenvalue weighted by atomic mass is 10.1. The second-order valence-electron chi connectivity index (χ2n) is 4.91. The van der Waals surface area contributed by atoms with Crippen LogP contribution in [0.4, 0.5) is 8.78 Å². The van der Waals surface area contributed by atoms with Crippen molar-refractivity contribution in [3.8, 4) is 0 Å². The van der Waals surface area contributed by atoms with Gasteiger partial charge in [-0.1, -0.05) is 0 Å². The standard InChI is InChI=1S/C11H19F2N3OS/c1-11(2,3)14-6-10-16-15-9(18-10)4-5-17-7-8(12)13/h8,14H,4-7H2,1-3H3. The average molecular weight is 279 g/mol. The molecule has 7 heteroatoms. The van der Waals surface area contributed by atoms with Crippen LogP contribution < -0.4 is 5.32 Å². The molecular weight excluding hydrogens is 260 g/mol. The van der Waals surface area contributed by atoms with Gasteiger partial charge in [0.25, 0.3) is 6.43 Å². The minimum absolute atomic E-state index is 0.0339. The van der Waals surface area contributed by atoms with Crippen LogP contribution in [0.2, 0.25) is 0 Å². The van der Waals surface area contributed by atoms with E-state index in [9.17, 15) is 8.78 Å². The Morgan fingerprint density at radius 3 is 2.56 bits per heavy atom. The number of hydrogen-bond acceptors (Lipinski definition) is 5. The number of halogens is 2. The Morgan fingerprint density at radius 1 is 1.28 bits per heavy atom. The zero-order valence-electron chi connectivity index (χ0n) is 10.9. The Bertz CT molecular complexity index is 352. The molecule has 4 nitrogen and oxygen atoms in total. The third-order valence-corrected chi connectivity index (χ3v) is 2.97. The summed E-state index contributed by atoms with van der Waals surface area (Å²) in [5, 5.41) is 13.1. The number of hydrogen-bond donors (Lipinski definition) is 1. The van der Waals surface area contributed by atoms with Crippen molar-refractivity contribution in [2.45, 2.75) is 45.7 Å². The van der Waals surface area contributed by atoms with Gasteiger partial charge in [0.15, 0.2) is 0 Å². The first-order chi connectivity index (χ1) is 8.37. The molecule has 0 fully saturated rings. The summed E-state index contributed by atoms with van der Waals surface area (Å²) in [6.07, 6.45) is -1.88. The molecular formula is C11H19F2N3OS. The Morgan fingerprint density at radius 2 is 1.94 bits per heavy atom. The van der Waals surface area contributed by atoms with Gasteiger partial charge in [0.05, 0.1) is 13.2 Å². The van der Waals surface area contributed by atoms with Crippen LogP contribution in [0.5, 0.6) is 0 Å². The second-order valence-corrected chi connectivity index (χ2v) is 6.06. The van der Waals surface area contributed by atoms with E-state index in [4.69, 9.17) is 4.74 Å². The summed E-state index contributed by atoms with van der Waals surface area (Å²) in [6, 6.07) is 0. The molecule has 0 aliphatic rings.